The largest absolute Gasteiger partial charge is 0.354 e. The van der Waals surface area contributed by atoms with Crippen molar-refractivity contribution in [3.05, 3.63) is 78.0 Å². The number of aromatic nitrogens is 3. The number of hydrogen-bond acceptors (Lipinski definition) is 6. The number of carbonyl (C=O) groups excluding carboxylic acids is 1. The van der Waals surface area contributed by atoms with Crippen molar-refractivity contribution in [2.75, 3.05) is 36.4 Å². The minimum Gasteiger partial charge on any atom is -0.354 e. The van der Waals surface area contributed by atoms with Gasteiger partial charge < -0.3 is 10.2 Å². The van der Waals surface area contributed by atoms with Crippen LogP contribution in [0.2, 0.25) is 0 Å². The third-order valence-corrected chi connectivity index (χ3v) is 5.81. The topological polar surface area (TPSA) is 74.2 Å². The number of nitrogens with zero attached hydrogens (tertiary/aromatic N) is 5. The number of anilines is 2. The summed E-state index contributed by atoms with van der Waals surface area (Å²) in [7, 11) is 0. The highest BCUT2D eigenvalue weighted by molar-refractivity contribution is 6.02. The molecule has 0 unspecified atom stereocenters. The normalized spacial score (nSPS) is 16.8. The van der Waals surface area contributed by atoms with E-state index in [2.05, 4.69) is 48.3 Å². The average molecular weight is 415 g/mol. The molecule has 2 fully saturated rings. The predicted molar refractivity (Wildman–Crippen MR) is 120 cm³/mol. The minimum absolute atomic E-state index is 0.192. The molecule has 0 atom stereocenters. The highest BCUT2D eigenvalue weighted by Crippen LogP contribution is 2.37. The van der Waals surface area contributed by atoms with Crippen molar-refractivity contribution in [3.8, 4) is 0 Å². The lowest BCUT2D eigenvalue weighted by molar-refractivity contribution is 0.102. The number of piperazine rings is 1. The Balaban J connectivity index is 1.14. The number of hydrogen-bond donors (Lipinski definition) is 1. The Bertz CT molecular complexity index is 1030. The van der Waals surface area contributed by atoms with E-state index in [1.165, 1.54) is 5.56 Å². The van der Waals surface area contributed by atoms with Gasteiger partial charge in [0.2, 0.25) is 0 Å². The first kappa shape index (κ1) is 19.6. The van der Waals surface area contributed by atoms with Crippen molar-refractivity contribution >= 4 is 17.4 Å². The van der Waals surface area contributed by atoms with Crippen LogP contribution in [0.5, 0.6) is 0 Å². The summed E-state index contributed by atoms with van der Waals surface area (Å²) < 4.78 is 0. The van der Waals surface area contributed by atoms with Crippen molar-refractivity contribution in [2.24, 2.45) is 0 Å². The van der Waals surface area contributed by atoms with Gasteiger partial charge in [0.15, 0.2) is 0 Å². The molecule has 7 nitrogen and oxygen atoms in total. The molecule has 7 heteroatoms. The van der Waals surface area contributed by atoms with E-state index in [0.29, 0.717) is 11.6 Å². The second-order valence-corrected chi connectivity index (χ2v) is 8.18. The molecule has 5 rings (SSSR count). The number of amides is 1. The summed E-state index contributed by atoms with van der Waals surface area (Å²) >= 11 is 0. The van der Waals surface area contributed by atoms with Crippen molar-refractivity contribution in [1.29, 1.82) is 0 Å². The third-order valence-electron chi connectivity index (χ3n) is 5.81. The zero-order chi connectivity index (χ0) is 21.0. The summed E-state index contributed by atoms with van der Waals surface area (Å²) in [6.45, 7) is 4.87. The van der Waals surface area contributed by atoms with Crippen LogP contribution in [-0.2, 0) is 6.54 Å². The fraction of sp³-hybridized carbons (Fsp3) is 0.333. The van der Waals surface area contributed by atoms with Gasteiger partial charge in [-0.05, 0) is 48.7 Å². The first-order valence-electron chi connectivity index (χ1n) is 10.9. The number of carbonyl (C=O) groups is 1. The zero-order valence-corrected chi connectivity index (χ0v) is 17.4. The number of rotatable bonds is 6. The highest BCUT2D eigenvalue weighted by atomic mass is 16.1. The molecule has 158 valence electrons. The fourth-order valence-corrected chi connectivity index (χ4v) is 3.86. The van der Waals surface area contributed by atoms with Crippen molar-refractivity contribution in [3.63, 3.8) is 0 Å². The molecule has 31 heavy (non-hydrogen) atoms. The summed E-state index contributed by atoms with van der Waals surface area (Å²) in [6, 6.07) is 15.8. The van der Waals surface area contributed by atoms with Gasteiger partial charge in [-0.3, -0.25) is 9.69 Å². The van der Waals surface area contributed by atoms with Gasteiger partial charge in [0.25, 0.3) is 5.91 Å². The van der Waals surface area contributed by atoms with Gasteiger partial charge in [0.05, 0.1) is 0 Å². The maximum absolute atomic E-state index is 12.5. The Kier molecular flexibility index (Phi) is 5.58. The molecule has 1 aliphatic heterocycles. The van der Waals surface area contributed by atoms with E-state index >= 15 is 0 Å². The van der Waals surface area contributed by atoms with Crippen LogP contribution in [0.3, 0.4) is 0 Å². The van der Waals surface area contributed by atoms with Gasteiger partial charge in [0, 0.05) is 56.7 Å². The molecule has 1 aliphatic carbocycles. The minimum atomic E-state index is -0.192. The molecular weight excluding hydrogens is 388 g/mol. The SMILES string of the molecule is O=C(Nc1ccc(CN2CCN(c3ccccn3)CC2)cc1)c1ccnc(C2CC2)n1. The number of nitrogens with one attached hydrogen (secondary N) is 1. The van der Waals surface area contributed by atoms with Crippen molar-refractivity contribution in [2.45, 2.75) is 25.3 Å². The van der Waals surface area contributed by atoms with Gasteiger partial charge in [-0.25, -0.2) is 15.0 Å². The predicted octanol–water partition coefficient (Wildman–Crippen LogP) is 3.32. The molecule has 1 amide bonds. The van der Waals surface area contributed by atoms with Crippen LogP contribution >= 0.6 is 0 Å². The maximum Gasteiger partial charge on any atom is 0.274 e. The van der Waals surface area contributed by atoms with Gasteiger partial charge >= 0.3 is 0 Å². The Hall–Kier alpha value is -3.32. The number of pyridine rings is 1. The van der Waals surface area contributed by atoms with Crippen LogP contribution in [0, 0.1) is 0 Å². The molecule has 3 aromatic rings. The van der Waals surface area contributed by atoms with E-state index in [0.717, 1.165) is 62.9 Å². The molecule has 2 aromatic heterocycles. The van der Waals surface area contributed by atoms with Crippen LogP contribution in [-0.4, -0.2) is 51.9 Å². The highest BCUT2D eigenvalue weighted by Gasteiger charge is 2.27. The lowest BCUT2D eigenvalue weighted by Gasteiger charge is -2.35. The quantitative estimate of drug-likeness (QED) is 0.667. The molecule has 0 spiro atoms. The van der Waals surface area contributed by atoms with E-state index in [4.69, 9.17) is 0 Å². The monoisotopic (exact) mass is 414 g/mol. The van der Waals surface area contributed by atoms with Gasteiger partial charge in [-0.1, -0.05) is 18.2 Å². The van der Waals surface area contributed by atoms with E-state index < -0.39 is 0 Å². The Labute approximate surface area is 182 Å². The average Bonchev–Trinajstić information content (AvgIpc) is 3.67. The van der Waals surface area contributed by atoms with E-state index in [-0.39, 0.29) is 5.91 Å². The molecule has 3 heterocycles. The smallest absolute Gasteiger partial charge is 0.274 e. The van der Waals surface area contributed by atoms with Crippen LogP contribution in [0.4, 0.5) is 11.5 Å². The van der Waals surface area contributed by atoms with E-state index in [9.17, 15) is 4.79 Å². The molecular formula is C24H26N6O. The molecule has 0 radical (unpaired) electrons. The third kappa shape index (κ3) is 4.88. The first-order valence-corrected chi connectivity index (χ1v) is 10.9. The molecule has 1 saturated heterocycles. The lowest BCUT2D eigenvalue weighted by atomic mass is 10.1. The van der Waals surface area contributed by atoms with E-state index in [1.807, 2.05) is 30.5 Å². The van der Waals surface area contributed by atoms with Crippen LogP contribution in [0.1, 0.15) is 40.6 Å². The molecule has 0 bridgehead atoms. The fourth-order valence-electron chi connectivity index (χ4n) is 3.86. The lowest BCUT2D eigenvalue weighted by Crippen LogP contribution is -2.46. The first-order chi connectivity index (χ1) is 15.2. The van der Waals surface area contributed by atoms with Gasteiger partial charge in [-0.2, -0.15) is 0 Å². The van der Waals surface area contributed by atoms with Crippen LogP contribution in [0.25, 0.3) is 0 Å². The van der Waals surface area contributed by atoms with Gasteiger partial charge in [0.1, 0.15) is 17.3 Å². The van der Waals surface area contributed by atoms with Crippen LogP contribution < -0.4 is 10.2 Å². The van der Waals surface area contributed by atoms with Gasteiger partial charge in [-0.15, -0.1) is 0 Å². The van der Waals surface area contributed by atoms with Crippen molar-refractivity contribution in [1.82, 2.24) is 19.9 Å². The molecule has 1 N–H and O–H groups in total. The Morgan fingerprint density at radius 2 is 1.74 bits per heavy atom. The van der Waals surface area contributed by atoms with Crippen LogP contribution in [0.15, 0.2) is 60.9 Å². The second-order valence-electron chi connectivity index (χ2n) is 8.18. The molecule has 1 saturated carbocycles. The second kappa shape index (κ2) is 8.81. The Morgan fingerprint density at radius 1 is 0.935 bits per heavy atom. The zero-order valence-electron chi connectivity index (χ0n) is 17.4. The summed E-state index contributed by atoms with van der Waals surface area (Å²) in [5.41, 5.74) is 2.44. The maximum atomic E-state index is 12.5. The summed E-state index contributed by atoms with van der Waals surface area (Å²) in [6.07, 6.45) is 5.75. The number of benzene rings is 1. The van der Waals surface area contributed by atoms with E-state index in [1.54, 1.807) is 12.3 Å². The summed E-state index contributed by atoms with van der Waals surface area (Å²) in [4.78, 5) is 30.5. The van der Waals surface area contributed by atoms with Crippen molar-refractivity contribution < 1.29 is 4.79 Å². The Morgan fingerprint density at radius 3 is 2.45 bits per heavy atom. The molecule has 1 aromatic carbocycles. The molecule has 2 aliphatic rings. The summed E-state index contributed by atoms with van der Waals surface area (Å²) in [5.74, 6) is 2.07. The summed E-state index contributed by atoms with van der Waals surface area (Å²) in [5, 5.41) is 2.94. The standard InChI is InChI=1S/C24H26N6O/c31-24(21-10-12-26-23(28-21)19-6-7-19)27-20-8-4-18(5-9-20)17-29-13-15-30(16-14-29)22-3-1-2-11-25-22/h1-5,8-12,19H,6-7,13-17H2,(H,27,31).